The van der Waals surface area contributed by atoms with Crippen molar-refractivity contribution >= 4 is 5.84 Å². The molecule has 0 aromatic carbocycles. The summed E-state index contributed by atoms with van der Waals surface area (Å²) in [4.78, 5) is 0. The van der Waals surface area contributed by atoms with E-state index in [1.54, 1.807) is 0 Å². The Morgan fingerprint density at radius 1 is 1.62 bits per heavy atom. The zero-order chi connectivity index (χ0) is 10.2. The molecule has 0 aliphatic heterocycles. The molecule has 0 unspecified atom stereocenters. The molecular formula is C6H7F3N4. The van der Waals surface area contributed by atoms with Gasteiger partial charge in [-0.15, -0.1) is 13.2 Å². The van der Waals surface area contributed by atoms with Gasteiger partial charge in [-0.1, -0.05) is 0 Å². The maximum Gasteiger partial charge on any atom is 0.504 e. The Morgan fingerprint density at radius 2 is 2.15 bits per heavy atom. The summed E-state index contributed by atoms with van der Waals surface area (Å²) in [7, 11) is 0. The van der Waals surface area contributed by atoms with Gasteiger partial charge in [-0.2, -0.15) is 9.78 Å². The molecule has 1 heterocycles. The number of amidine groups is 1. The van der Waals surface area contributed by atoms with Crippen LogP contribution in [-0.2, 0) is 6.30 Å². The summed E-state index contributed by atoms with van der Waals surface area (Å²) < 4.78 is 35.9. The number of nitrogens with one attached hydrogen (secondary N) is 1. The fourth-order valence-electron chi connectivity index (χ4n) is 0.854. The lowest BCUT2D eigenvalue weighted by Crippen LogP contribution is -2.17. The minimum Gasteiger partial charge on any atom is -0.384 e. The topological polar surface area (TPSA) is 67.7 Å². The highest BCUT2D eigenvalue weighted by Crippen LogP contribution is 2.22. The maximum absolute atomic E-state index is 12.0. The zero-order valence-corrected chi connectivity index (χ0v) is 6.68. The van der Waals surface area contributed by atoms with Crippen molar-refractivity contribution in [1.82, 2.24) is 9.78 Å². The van der Waals surface area contributed by atoms with E-state index in [9.17, 15) is 13.2 Å². The monoisotopic (exact) mass is 192 g/mol. The molecular weight excluding hydrogens is 185 g/mol. The summed E-state index contributed by atoms with van der Waals surface area (Å²) in [6.07, 6.45) is -3.86. The number of alkyl halides is 3. The van der Waals surface area contributed by atoms with Crippen molar-refractivity contribution < 1.29 is 13.2 Å². The lowest BCUT2D eigenvalue weighted by atomic mass is 10.2. The summed E-state index contributed by atoms with van der Waals surface area (Å²) in [5, 5.41) is 10.1. The molecule has 0 bridgehead atoms. The smallest absolute Gasteiger partial charge is 0.384 e. The third-order valence-corrected chi connectivity index (χ3v) is 1.45. The minimum atomic E-state index is -4.56. The van der Waals surface area contributed by atoms with Gasteiger partial charge < -0.3 is 5.73 Å². The van der Waals surface area contributed by atoms with Crippen molar-refractivity contribution in [3.8, 4) is 0 Å². The van der Waals surface area contributed by atoms with E-state index in [1.165, 1.54) is 6.92 Å². The summed E-state index contributed by atoms with van der Waals surface area (Å²) >= 11 is 0. The van der Waals surface area contributed by atoms with Gasteiger partial charge in [0.25, 0.3) is 0 Å². The molecule has 3 N–H and O–H groups in total. The Kier molecular flexibility index (Phi) is 2.02. The first-order valence-corrected chi connectivity index (χ1v) is 3.30. The standard InChI is InChI=1S/C6H7F3N4/c1-3-4(5(10)11)2-13(12-3)6(7,8)9/h2H,1H3,(H3,10,11). The Bertz CT molecular complexity index is 338. The zero-order valence-electron chi connectivity index (χ0n) is 6.68. The van der Waals surface area contributed by atoms with Gasteiger partial charge in [0.15, 0.2) is 0 Å². The van der Waals surface area contributed by atoms with Crippen molar-refractivity contribution in [3.05, 3.63) is 17.5 Å². The van der Waals surface area contributed by atoms with E-state index in [1.807, 2.05) is 0 Å². The molecule has 0 radical (unpaired) electrons. The third kappa shape index (κ3) is 1.79. The van der Waals surface area contributed by atoms with Crippen LogP contribution in [0.4, 0.5) is 13.2 Å². The summed E-state index contributed by atoms with van der Waals surface area (Å²) in [6.45, 7) is 1.36. The average Bonchev–Trinajstić information content (AvgIpc) is 2.29. The van der Waals surface area contributed by atoms with E-state index in [0.29, 0.717) is 6.20 Å². The molecule has 0 aliphatic rings. The van der Waals surface area contributed by atoms with Crippen molar-refractivity contribution in [1.29, 1.82) is 5.41 Å². The molecule has 0 saturated carbocycles. The van der Waals surface area contributed by atoms with Gasteiger partial charge in [-0.3, -0.25) is 5.41 Å². The summed E-state index contributed by atoms with van der Waals surface area (Å²) in [5.41, 5.74) is 5.12. The Hall–Kier alpha value is -1.53. The highest BCUT2D eigenvalue weighted by Gasteiger charge is 2.32. The molecule has 1 rings (SSSR count). The van der Waals surface area contributed by atoms with Crippen LogP contribution in [0.5, 0.6) is 0 Å². The normalized spacial score (nSPS) is 11.7. The SMILES string of the molecule is Cc1nn(C(F)(F)F)cc1C(=N)N. The third-order valence-electron chi connectivity index (χ3n) is 1.45. The molecule has 0 fully saturated rings. The van der Waals surface area contributed by atoms with E-state index in [0.717, 1.165) is 0 Å². The van der Waals surface area contributed by atoms with Crippen molar-refractivity contribution in [3.63, 3.8) is 0 Å². The maximum atomic E-state index is 12.0. The second-order valence-corrected chi connectivity index (χ2v) is 2.45. The first-order chi connectivity index (χ1) is 5.82. The lowest BCUT2D eigenvalue weighted by molar-refractivity contribution is -0.212. The Balaban J connectivity index is 3.17. The predicted octanol–water partition coefficient (Wildman–Crippen LogP) is 0.952. The van der Waals surface area contributed by atoms with Gasteiger partial charge in [0.2, 0.25) is 0 Å². The van der Waals surface area contributed by atoms with Gasteiger partial charge in [0.05, 0.1) is 11.3 Å². The number of aromatic nitrogens is 2. The fourth-order valence-corrected chi connectivity index (χ4v) is 0.854. The number of rotatable bonds is 1. The van der Waals surface area contributed by atoms with E-state index >= 15 is 0 Å². The van der Waals surface area contributed by atoms with Gasteiger partial charge in [-0.25, -0.2) is 0 Å². The minimum absolute atomic E-state index is 0.00248. The first-order valence-electron chi connectivity index (χ1n) is 3.30. The molecule has 0 atom stereocenters. The van der Waals surface area contributed by atoms with Crippen molar-refractivity contribution in [2.24, 2.45) is 5.73 Å². The average molecular weight is 192 g/mol. The van der Waals surface area contributed by atoms with Crippen molar-refractivity contribution in [2.75, 3.05) is 0 Å². The number of nitrogens with two attached hydrogens (primary N) is 1. The molecule has 0 amide bonds. The van der Waals surface area contributed by atoms with E-state index in [-0.39, 0.29) is 15.9 Å². The fraction of sp³-hybridized carbons (Fsp3) is 0.333. The molecule has 4 nitrogen and oxygen atoms in total. The molecule has 1 aromatic rings. The van der Waals surface area contributed by atoms with E-state index in [2.05, 4.69) is 5.10 Å². The van der Waals surface area contributed by atoms with Crippen LogP contribution in [0.15, 0.2) is 6.20 Å². The highest BCUT2D eigenvalue weighted by molar-refractivity contribution is 5.95. The highest BCUT2D eigenvalue weighted by atomic mass is 19.4. The van der Waals surface area contributed by atoms with Crippen LogP contribution in [-0.4, -0.2) is 15.6 Å². The van der Waals surface area contributed by atoms with Crippen LogP contribution in [0.2, 0.25) is 0 Å². The van der Waals surface area contributed by atoms with E-state index in [4.69, 9.17) is 11.1 Å². The molecule has 0 spiro atoms. The van der Waals surface area contributed by atoms with Crippen LogP contribution >= 0.6 is 0 Å². The van der Waals surface area contributed by atoms with Crippen LogP contribution in [0.3, 0.4) is 0 Å². The second-order valence-electron chi connectivity index (χ2n) is 2.45. The van der Waals surface area contributed by atoms with Gasteiger partial charge in [0.1, 0.15) is 5.84 Å². The number of aryl methyl sites for hydroxylation is 1. The largest absolute Gasteiger partial charge is 0.504 e. The first kappa shape index (κ1) is 9.56. The summed E-state index contributed by atoms with van der Waals surface area (Å²) in [6, 6.07) is 0. The Morgan fingerprint density at radius 3 is 2.38 bits per heavy atom. The predicted molar refractivity (Wildman–Crippen MR) is 39.3 cm³/mol. The number of hydrogen-bond acceptors (Lipinski definition) is 2. The van der Waals surface area contributed by atoms with Crippen LogP contribution in [0.25, 0.3) is 0 Å². The number of halogens is 3. The number of nitrogen functional groups attached to an aromatic ring is 1. The molecule has 13 heavy (non-hydrogen) atoms. The quantitative estimate of drug-likeness (QED) is 0.513. The second kappa shape index (κ2) is 2.75. The van der Waals surface area contributed by atoms with Gasteiger partial charge in [0, 0.05) is 6.20 Å². The van der Waals surface area contributed by atoms with Crippen LogP contribution < -0.4 is 5.73 Å². The number of hydrogen-bond donors (Lipinski definition) is 2. The Labute approximate surface area is 71.7 Å². The molecule has 72 valence electrons. The molecule has 0 aliphatic carbocycles. The van der Waals surface area contributed by atoms with Crippen molar-refractivity contribution in [2.45, 2.75) is 13.2 Å². The summed E-state index contributed by atoms with van der Waals surface area (Å²) in [5.74, 6) is -0.423. The molecule has 1 aromatic heterocycles. The van der Waals surface area contributed by atoms with Crippen LogP contribution in [0.1, 0.15) is 11.3 Å². The van der Waals surface area contributed by atoms with Gasteiger partial charge >= 0.3 is 6.30 Å². The number of nitrogens with zero attached hydrogens (tertiary/aromatic N) is 2. The molecule has 7 heteroatoms. The van der Waals surface area contributed by atoms with E-state index < -0.39 is 12.1 Å². The molecule has 0 saturated heterocycles. The van der Waals surface area contributed by atoms with Crippen LogP contribution in [0, 0.1) is 12.3 Å². The van der Waals surface area contributed by atoms with Gasteiger partial charge in [-0.05, 0) is 6.92 Å². The lowest BCUT2D eigenvalue weighted by Gasteiger charge is -2.03.